The molecule has 0 saturated carbocycles. The number of fused-ring (bicyclic) bond motifs is 1. The fourth-order valence-corrected chi connectivity index (χ4v) is 2.87. The minimum atomic E-state index is -0.435. The number of hydrogen-bond acceptors (Lipinski definition) is 2. The molecule has 0 unspecified atom stereocenters. The Kier molecular flexibility index (Phi) is 3.26. The van der Waals surface area contributed by atoms with E-state index in [0.717, 1.165) is 12.0 Å². The molecule has 1 aliphatic heterocycles. The van der Waals surface area contributed by atoms with Gasteiger partial charge in [0.1, 0.15) is 0 Å². The molecular weight excluding hydrogens is 234 g/mol. The molecule has 2 aromatic carbocycles. The molecule has 1 N–H and O–H groups in total. The van der Waals surface area contributed by atoms with Crippen LogP contribution in [-0.4, -0.2) is 17.7 Å². The van der Waals surface area contributed by atoms with Crippen LogP contribution in [0.1, 0.15) is 24.2 Å². The highest BCUT2D eigenvalue weighted by molar-refractivity contribution is 5.59. The van der Waals surface area contributed by atoms with Crippen molar-refractivity contribution in [1.82, 2.24) is 0 Å². The van der Waals surface area contributed by atoms with Gasteiger partial charge in [-0.05, 0) is 30.5 Å². The Labute approximate surface area is 114 Å². The van der Waals surface area contributed by atoms with Gasteiger partial charge in [0.05, 0.1) is 6.10 Å². The summed E-state index contributed by atoms with van der Waals surface area (Å²) in [5, 5.41) is 10.4. The average Bonchev–Trinajstić information content (AvgIpc) is 2.76. The number of anilines is 1. The minimum absolute atomic E-state index is 0.435. The van der Waals surface area contributed by atoms with E-state index in [0.29, 0.717) is 12.6 Å². The van der Waals surface area contributed by atoms with Crippen LogP contribution in [0, 0.1) is 0 Å². The number of aliphatic hydroxyl groups is 1. The van der Waals surface area contributed by atoms with Crippen LogP contribution in [0.15, 0.2) is 54.6 Å². The second-order valence-corrected chi connectivity index (χ2v) is 5.26. The number of nitrogens with zero attached hydrogens (tertiary/aromatic N) is 1. The Morgan fingerprint density at radius 3 is 2.58 bits per heavy atom. The fraction of sp³-hybridized carbons (Fsp3) is 0.294. The van der Waals surface area contributed by atoms with Crippen LogP contribution in [0.5, 0.6) is 0 Å². The van der Waals surface area contributed by atoms with E-state index in [9.17, 15) is 5.11 Å². The Balaban J connectivity index is 1.80. The fourth-order valence-electron chi connectivity index (χ4n) is 2.87. The summed E-state index contributed by atoms with van der Waals surface area (Å²) in [4.78, 5) is 2.31. The molecule has 2 atom stereocenters. The molecule has 2 aromatic rings. The standard InChI is InChI=1S/C17H19NO/c1-13-11-15-9-5-6-10-16(15)18(13)12-17(19)14-7-3-2-4-8-14/h2-10,13,17,19H,11-12H2,1H3/t13-,17+/m0/s1. The zero-order valence-electron chi connectivity index (χ0n) is 11.2. The maximum Gasteiger partial charge on any atom is 0.0964 e. The molecule has 0 aromatic heterocycles. The highest BCUT2D eigenvalue weighted by atomic mass is 16.3. The second kappa shape index (κ2) is 5.06. The summed E-state index contributed by atoms with van der Waals surface area (Å²) < 4.78 is 0. The number of rotatable bonds is 3. The predicted octanol–water partition coefficient (Wildman–Crippen LogP) is 3.17. The zero-order chi connectivity index (χ0) is 13.2. The quantitative estimate of drug-likeness (QED) is 0.908. The van der Waals surface area contributed by atoms with Crippen molar-refractivity contribution in [3.63, 3.8) is 0 Å². The van der Waals surface area contributed by atoms with Crippen LogP contribution in [0.25, 0.3) is 0 Å². The van der Waals surface area contributed by atoms with E-state index in [-0.39, 0.29) is 0 Å². The van der Waals surface area contributed by atoms with E-state index in [1.165, 1.54) is 11.3 Å². The summed E-state index contributed by atoms with van der Waals surface area (Å²) in [7, 11) is 0. The molecule has 0 bridgehead atoms. The maximum absolute atomic E-state index is 10.4. The molecule has 98 valence electrons. The third kappa shape index (κ3) is 2.36. The molecule has 0 fully saturated rings. The van der Waals surface area contributed by atoms with Crippen LogP contribution in [-0.2, 0) is 6.42 Å². The van der Waals surface area contributed by atoms with Gasteiger partial charge < -0.3 is 10.0 Å². The number of β-amino-alcohol motifs (C(OH)–C–C–N with tert-alkyl or cyclic N) is 1. The minimum Gasteiger partial charge on any atom is -0.387 e. The smallest absolute Gasteiger partial charge is 0.0964 e. The molecule has 2 nitrogen and oxygen atoms in total. The monoisotopic (exact) mass is 253 g/mol. The van der Waals surface area contributed by atoms with Gasteiger partial charge in [0.2, 0.25) is 0 Å². The molecule has 0 radical (unpaired) electrons. The Morgan fingerprint density at radius 1 is 1.11 bits per heavy atom. The summed E-state index contributed by atoms with van der Waals surface area (Å²) in [6.45, 7) is 2.87. The highest BCUT2D eigenvalue weighted by Crippen LogP contribution is 2.33. The topological polar surface area (TPSA) is 23.5 Å². The van der Waals surface area contributed by atoms with Crippen LogP contribution < -0.4 is 4.90 Å². The van der Waals surface area contributed by atoms with E-state index in [4.69, 9.17) is 0 Å². The number of hydrogen-bond donors (Lipinski definition) is 1. The van der Waals surface area contributed by atoms with Gasteiger partial charge in [-0.3, -0.25) is 0 Å². The maximum atomic E-state index is 10.4. The largest absolute Gasteiger partial charge is 0.387 e. The van der Waals surface area contributed by atoms with Crippen molar-refractivity contribution < 1.29 is 5.11 Å². The first-order valence-corrected chi connectivity index (χ1v) is 6.83. The Morgan fingerprint density at radius 2 is 1.79 bits per heavy atom. The molecular formula is C17H19NO. The third-order valence-electron chi connectivity index (χ3n) is 3.90. The van der Waals surface area contributed by atoms with Crippen molar-refractivity contribution in [1.29, 1.82) is 0 Å². The molecule has 3 rings (SSSR count). The first-order chi connectivity index (χ1) is 9.25. The number of aliphatic hydroxyl groups excluding tert-OH is 1. The molecule has 1 aliphatic rings. The lowest BCUT2D eigenvalue weighted by molar-refractivity contribution is 0.181. The van der Waals surface area contributed by atoms with Crippen molar-refractivity contribution in [3.8, 4) is 0 Å². The van der Waals surface area contributed by atoms with Crippen LogP contribution in [0.3, 0.4) is 0 Å². The summed E-state index contributed by atoms with van der Waals surface area (Å²) in [6, 6.07) is 18.8. The molecule has 0 saturated heterocycles. The summed E-state index contributed by atoms with van der Waals surface area (Å²) in [6.07, 6.45) is 0.632. The van der Waals surface area contributed by atoms with Gasteiger partial charge in [-0.2, -0.15) is 0 Å². The van der Waals surface area contributed by atoms with E-state index in [2.05, 4.69) is 36.1 Å². The van der Waals surface area contributed by atoms with E-state index in [1.807, 2.05) is 30.3 Å². The molecule has 0 spiro atoms. The Hall–Kier alpha value is -1.80. The van der Waals surface area contributed by atoms with Gasteiger partial charge >= 0.3 is 0 Å². The molecule has 0 amide bonds. The summed E-state index contributed by atoms with van der Waals surface area (Å²) >= 11 is 0. The Bertz CT molecular complexity index is 552. The van der Waals surface area contributed by atoms with Gasteiger partial charge in [-0.1, -0.05) is 48.5 Å². The summed E-state index contributed by atoms with van der Waals surface area (Å²) in [5.74, 6) is 0. The molecule has 19 heavy (non-hydrogen) atoms. The molecule has 1 heterocycles. The van der Waals surface area contributed by atoms with Crippen LogP contribution in [0.2, 0.25) is 0 Å². The number of para-hydroxylation sites is 1. The van der Waals surface area contributed by atoms with Crippen molar-refractivity contribution >= 4 is 5.69 Å². The molecule has 0 aliphatic carbocycles. The van der Waals surface area contributed by atoms with E-state index < -0.39 is 6.10 Å². The predicted molar refractivity (Wildman–Crippen MR) is 78.4 cm³/mol. The van der Waals surface area contributed by atoms with Crippen LogP contribution in [0.4, 0.5) is 5.69 Å². The lowest BCUT2D eigenvalue weighted by Crippen LogP contribution is -2.33. The van der Waals surface area contributed by atoms with Gasteiger partial charge in [0, 0.05) is 18.3 Å². The highest BCUT2D eigenvalue weighted by Gasteiger charge is 2.27. The van der Waals surface area contributed by atoms with E-state index in [1.54, 1.807) is 0 Å². The first-order valence-electron chi connectivity index (χ1n) is 6.83. The molecule has 2 heteroatoms. The zero-order valence-corrected chi connectivity index (χ0v) is 11.2. The first kappa shape index (κ1) is 12.2. The lowest BCUT2D eigenvalue weighted by Gasteiger charge is -2.27. The van der Waals surface area contributed by atoms with Crippen LogP contribution >= 0.6 is 0 Å². The summed E-state index contributed by atoms with van der Waals surface area (Å²) in [5.41, 5.74) is 3.64. The van der Waals surface area contributed by atoms with Crippen molar-refractivity contribution in [2.75, 3.05) is 11.4 Å². The number of benzene rings is 2. The van der Waals surface area contributed by atoms with Gasteiger partial charge in [0.25, 0.3) is 0 Å². The second-order valence-electron chi connectivity index (χ2n) is 5.26. The lowest BCUT2D eigenvalue weighted by atomic mass is 10.1. The van der Waals surface area contributed by atoms with Gasteiger partial charge in [0.15, 0.2) is 0 Å². The van der Waals surface area contributed by atoms with Crippen molar-refractivity contribution in [2.45, 2.75) is 25.5 Å². The van der Waals surface area contributed by atoms with Gasteiger partial charge in [-0.15, -0.1) is 0 Å². The van der Waals surface area contributed by atoms with E-state index >= 15 is 0 Å². The van der Waals surface area contributed by atoms with Crippen molar-refractivity contribution in [3.05, 3.63) is 65.7 Å². The SMILES string of the molecule is C[C@H]1Cc2ccccc2N1C[C@@H](O)c1ccccc1. The third-order valence-corrected chi connectivity index (χ3v) is 3.90. The normalized spacial score (nSPS) is 19.3. The average molecular weight is 253 g/mol. The van der Waals surface area contributed by atoms with Gasteiger partial charge in [-0.25, -0.2) is 0 Å². The van der Waals surface area contributed by atoms with Crippen molar-refractivity contribution in [2.24, 2.45) is 0 Å².